The Balaban J connectivity index is 1.42. The second-order valence-electron chi connectivity index (χ2n) is 8.34. The summed E-state index contributed by atoms with van der Waals surface area (Å²) >= 11 is 0. The third kappa shape index (κ3) is 4.27. The van der Waals surface area contributed by atoms with E-state index in [0.29, 0.717) is 36.7 Å². The highest BCUT2D eigenvalue weighted by Crippen LogP contribution is 2.29. The summed E-state index contributed by atoms with van der Waals surface area (Å²) in [6.07, 6.45) is 3.56. The summed E-state index contributed by atoms with van der Waals surface area (Å²) < 4.78 is 23.1. The maximum absolute atomic E-state index is 12.8. The number of nitrogen functional groups attached to an aromatic ring is 1. The van der Waals surface area contributed by atoms with Gasteiger partial charge in [-0.2, -0.15) is 0 Å². The molecule has 1 amide bonds. The summed E-state index contributed by atoms with van der Waals surface area (Å²) in [5, 5.41) is 2.97. The van der Waals surface area contributed by atoms with Gasteiger partial charge in [-0.3, -0.25) is 4.79 Å². The first kappa shape index (κ1) is 19.5. The first-order valence-corrected chi connectivity index (χ1v) is 12.1. The molecule has 4 aliphatic heterocycles. The monoisotopic (exact) mass is 406 g/mol. The molecule has 4 fully saturated rings. The Morgan fingerprint density at radius 2 is 1.79 bits per heavy atom. The van der Waals surface area contributed by atoms with Gasteiger partial charge >= 0.3 is 0 Å². The van der Waals surface area contributed by atoms with Gasteiger partial charge in [-0.15, -0.1) is 0 Å². The van der Waals surface area contributed by atoms with Crippen LogP contribution in [0.3, 0.4) is 0 Å². The van der Waals surface area contributed by atoms with Gasteiger partial charge in [0.25, 0.3) is 5.91 Å². The van der Waals surface area contributed by atoms with Crippen LogP contribution < -0.4 is 16.0 Å². The molecule has 2 bridgehead atoms. The highest BCUT2D eigenvalue weighted by Gasteiger charge is 2.30. The van der Waals surface area contributed by atoms with Crippen LogP contribution in [0.1, 0.15) is 36.0 Å². The minimum atomic E-state index is -2.88. The van der Waals surface area contributed by atoms with Crippen LogP contribution in [0, 0.1) is 5.92 Å². The van der Waals surface area contributed by atoms with Crippen molar-refractivity contribution in [3.05, 3.63) is 23.8 Å². The molecular formula is C20H30N4O3S. The lowest BCUT2D eigenvalue weighted by molar-refractivity contribution is 0.0947. The summed E-state index contributed by atoms with van der Waals surface area (Å²) in [6, 6.07) is 6.30. The first-order chi connectivity index (χ1) is 13.4. The molecule has 1 aromatic carbocycles. The molecule has 154 valence electrons. The summed E-state index contributed by atoms with van der Waals surface area (Å²) in [4.78, 5) is 17.7. The molecule has 1 aromatic rings. The highest BCUT2D eigenvalue weighted by atomic mass is 32.2. The Kier molecular flexibility index (Phi) is 5.51. The molecule has 0 saturated carbocycles. The number of hydrogen-bond donors (Lipinski definition) is 2. The molecule has 4 aliphatic rings. The second kappa shape index (κ2) is 7.91. The molecule has 5 rings (SSSR count). The van der Waals surface area contributed by atoms with E-state index in [1.807, 2.05) is 18.2 Å². The normalized spacial score (nSPS) is 27.4. The number of sulfone groups is 1. The molecule has 0 aromatic heterocycles. The maximum Gasteiger partial charge on any atom is 0.253 e. The van der Waals surface area contributed by atoms with Gasteiger partial charge in [0.15, 0.2) is 0 Å². The minimum Gasteiger partial charge on any atom is -0.398 e. The van der Waals surface area contributed by atoms with Crippen molar-refractivity contribution in [1.29, 1.82) is 0 Å². The van der Waals surface area contributed by atoms with Crippen LogP contribution in [-0.4, -0.2) is 69.5 Å². The number of nitrogens with zero attached hydrogens (tertiary/aromatic N) is 2. The van der Waals surface area contributed by atoms with Crippen LogP contribution in [0.15, 0.2) is 18.2 Å². The molecular weight excluding hydrogens is 376 g/mol. The lowest BCUT2D eigenvalue weighted by Gasteiger charge is -2.33. The molecule has 0 unspecified atom stereocenters. The fraction of sp³-hybridized carbons (Fsp3) is 0.650. The fourth-order valence-corrected chi connectivity index (χ4v) is 6.21. The second-order valence-corrected chi connectivity index (χ2v) is 10.6. The van der Waals surface area contributed by atoms with Crippen molar-refractivity contribution in [3.63, 3.8) is 0 Å². The number of amides is 1. The van der Waals surface area contributed by atoms with Crippen LogP contribution in [0.2, 0.25) is 0 Å². The molecule has 3 N–H and O–H groups in total. The standard InChI is InChI=1S/C20H30N4O3S/c21-19-2-1-17(24-10-9-23-7-3-16(24)4-8-23)13-18(19)20(25)22-14-15-5-11-28(26,27)12-6-15/h1-2,13,15-16H,3-12,14,21H2,(H,22,25). The number of rotatable bonds is 4. The predicted octanol–water partition coefficient (Wildman–Crippen LogP) is 1.11. The van der Waals surface area contributed by atoms with Gasteiger partial charge in [0.1, 0.15) is 9.84 Å². The molecule has 4 saturated heterocycles. The van der Waals surface area contributed by atoms with Crippen molar-refractivity contribution in [1.82, 2.24) is 10.2 Å². The van der Waals surface area contributed by atoms with Crippen molar-refractivity contribution in [2.45, 2.75) is 31.7 Å². The summed E-state index contributed by atoms with van der Waals surface area (Å²) in [7, 11) is -2.88. The average Bonchev–Trinajstić information content (AvgIpc) is 3.01. The average molecular weight is 407 g/mol. The van der Waals surface area contributed by atoms with E-state index in [4.69, 9.17) is 5.73 Å². The van der Waals surface area contributed by atoms with Crippen molar-refractivity contribution in [2.75, 3.05) is 54.9 Å². The SMILES string of the molecule is Nc1ccc(N2CCN3CCC2CC3)cc1C(=O)NCC1CCS(=O)(=O)CC1. The van der Waals surface area contributed by atoms with E-state index in [9.17, 15) is 13.2 Å². The van der Waals surface area contributed by atoms with Crippen molar-refractivity contribution in [3.8, 4) is 0 Å². The number of anilines is 2. The van der Waals surface area contributed by atoms with Crippen LogP contribution in [0.25, 0.3) is 0 Å². The Morgan fingerprint density at radius 1 is 1.07 bits per heavy atom. The van der Waals surface area contributed by atoms with Gasteiger partial charge in [0.05, 0.1) is 17.1 Å². The quantitative estimate of drug-likeness (QED) is 0.727. The van der Waals surface area contributed by atoms with Gasteiger partial charge < -0.3 is 20.9 Å². The van der Waals surface area contributed by atoms with Crippen molar-refractivity contribution >= 4 is 27.1 Å². The van der Waals surface area contributed by atoms with E-state index in [2.05, 4.69) is 15.1 Å². The zero-order valence-corrected chi connectivity index (χ0v) is 17.1. The highest BCUT2D eigenvalue weighted by molar-refractivity contribution is 7.91. The number of carbonyl (C=O) groups excluding carboxylic acids is 1. The summed E-state index contributed by atoms with van der Waals surface area (Å²) in [6.45, 7) is 4.85. The van der Waals surface area contributed by atoms with E-state index in [0.717, 1.165) is 44.7 Å². The molecule has 28 heavy (non-hydrogen) atoms. The number of fused-ring (bicyclic) bond motifs is 4. The number of nitrogens with one attached hydrogen (secondary N) is 1. The lowest BCUT2D eigenvalue weighted by Crippen LogP contribution is -2.38. The minimum absolute atomic E-state index is 0.171. The Labute approximate surface area is 167 Å². The number of piperidine rings is 1. The molecule has 7 nitrogen and oxygen atoms in total. The largest absolute Gasteiger partial charge is 0.398 e. The fourth-order valence-electron chi connectivity index (χ4n) is 4.62. The number of carbonyl (C=O) groups is 1. The van der Waals surface area contributed by atoms with E-state index in [1.54, 1.807) is 0 Å². The zero-order chi connectivity index (χ0) is 19.7. The van der Waals surface area contributed by atoms with E-state index >= 15 is 0 Å². The van der Waals surface area contributed by atoms with Crippen molar-refractivity contribution < 1.29 is 13.2 Å². The van der Waals surface area contributed by atoms with Crippen LogP contribution >= 0.6 is 0 Å². The Bertz CT molecular complexity index is 820. The number of hydrogen-bond acceptors (Lipinski definition) is 6. The molecule has 0 radical (unpaired) electrons. The smallest absolute Gasteiger partial charge is 0.253 e. The molecule has 8 heteroatoms. The van der Waals surface area contributed by atoms with E-state index < -0.39 is 9.84 Å². The van der Waals surface area contributed by atoms with E-state index in [-0.39, 0.29) is 23.3 Å². The number of benzene rings is 1. The topological polar surface area (TPSA) is 95.7 Å². The first-order valence-electron chi connectivity index (χ1n) is 10.3. The van der Waals surface area contributed by atoms with Crippen LogP contribution in [0.5, 0.6) is 0 Å². The zero-order valence-electron chi connectivity index (χ0n) is 16.3. The number of nitrogens with two attached hydrogens (primary N) is 1. The van der Waals surface area contributed by atoms with Crippen LogP contribution in [0.4, 0.5) is 11.4 Å². The predicted molar refractivity (Wildman–Crippen MR) is 111 cm³/mol. The Morgan fingerprint density at radius 3 is 2.50 bits per heavy atom. The third-order valence-electron chi connectivity index (χ3n) is 6.49. The van der Waals surface area contributed by atoms with Gasteiger partial charge in [-0.05, 0) is 49.8 Å². The van der Waals surface area contributed by atoms with E-state index in [1.165, 1.54) is 0 Å². The Hall–Kier alpha value is -1.80. The third-order valence-corrected chi connectivity index (χ3v) is 8.21. The molecule has 0 aliphatic carbocycles. The molecule has 0 spiro atoms. The van der Waals surface area contributed by atoms with Gasteiger partial charge in [-0.25, -0.2) is 8.42 Å². The van der Waals surface area contributed by atoms with Gasteiger partial charge in [-0.1, -0.05) is 0 Å². The van der Waals surface area contributed by atoms with Gasteiger partial charge in [0.2, 0.25) is 0 Å². The molecule has 0 atom stereocenters. The summed E-state index contributed by atoms with van der Waals surface area (Å²) in [5.74, 6) is 0.486. The summed E-state index contributed by atoms with van der Waals surface area (Å²) in [5.41, 5.74) is 8.17. The molecule has 4 heterocycles. The van der Waals surface area contributed by atoms with Gasteiger partial charge in [0, 0.05) is 50.1 Å². The van der Waals surface area contributed by atoms with Crippen molar-refractivity contribution in [2.24, 2.45) is 5.92 Å². The maximum atomic E-state index is 12.8. The lowest BCUT2D eigenvalue weighted by atomic mass is 10.0. The van der Waals surface area contributed by atoms with Crippen LogP contribution in [-0.2, 0) is 9.84 Å².